The number of benzene rings is 3. The van der Waals surface area contributed by atoms with Crippen molar-refractivity contribution in [3.8, 4) is 11.5 Å². The Hall–Kier alpha value is -3.92. The van der Waals surface area contributed by atoms with E-state index in [1.807, 2.05) is 61.5 Å². The molecule has 9 nitrogen and oxygen atoms in total. The van der Waals surface area contributed by atoms with Gasteiger partial charge in [0.1, 0.15) is 11.8 Å². The monoisotopic (exact) mass is 583 g/mol. The third-order valence-electron chi connectivity index (χ3n) is 5.80. The second kappa shape index (κ2) is 14.1. The zero-order valence-electron chi connectivity index (χ0n) is 21.3. The number of amides is 2. The molecule has 1 atom stereocenters. The second-order valence-corrected chi connectivity index (χ2v) is 9.44. The standard InChI is InChI=1S/C28H30BrN3O6/c1-3-15-30-28(34)25(16-20-7-5-4-6-8-20)31(18-21-9-11-22(29)12-10-21)27(33)19-38-23-13-14-24(32(35)36)26(17-23)37-2/h4-14,17,25H,3,15-16,18-19H2,1-2H3,(H,30,34)/t25-/m0/s1. The number of nitro groups is 1. The van der Waals surface area contributed by atoms with E-state index >= 15 is 0 Å². The topological polar surface area (TPSA) is 111 Å². The minimum absolute atomic E-state index is 0.0209. The molecule has 38 heavy (non-hydrogen) atoms. The van der Waals surface area contributed by atoms with Gasteiger partial charge in [0.2, 0.25) is 11.7 Å². The van der Waals surface area contributed by atoms with Crippen molar-refractivity contribution >= 4 is 33.4 Å². The van der Waals surface area contributed by atoms with Gasteiger partial charge >= 0.3 is 5.69 Å². The van der Waals surface area contributed by atoms with Crippen molar-refractivity contribution in [2.75, 3.05) is 20.3 Å². The van der Waals surface area contributed by atoms with E-state index in [4.69, 9.17) is 9.47 Å². The first kappa shape index (κ1) is 28.6. The summed E-state index contributed by atoms with van der Waals surface area (Å²) in [5.74, 6) is -0.400. The van der Waals surface area contributed by atoms with Crippen LogP contribution in [0.1, 0.15) is 24.5 Å². The van der Waals surface area contributed by atoms with E-state index < -0.39 is 16.9 Å². The van der Waals surface area contributed by atoms with Gasteiger partial charge in [0, 0.05) is 36.1 Å². The molecule has 0 aromatic heterocycles. The lowest BCUT2D eigenvalue weighted by Crippen LogP contribution is -2.51. The van der Waals surface area contributed by atoms with Gasteiger partial charge in [0.05, 0.1) is 12.0 Å². The number of nitro benzene ring substituents is 1. The Morgan fingerprint density at radius 3 is 2.39 bits per heavy atom. The second-order valence-electron chi connectivity index (χ2n) is 8.52. The molecule has 3 aromatic rings. The van der Waals surface area contributed by atoms with Crippen molar-refractivity contribution in [3.63, 3.8) is 0 Å². The molecule has 3 aromatic carbocycles. The number of nitrogens with zero attached hydrogens (tertiary/aromatic N) is 2. The number of nitrogens with one attached hydrogen (secondary N) is 1. The van der Waals surface area contributed by atoms with Crippen molar-refractivity contribution in [2.24, 2.45) is 0 Å². The molecule has 1 N–H and O–H groups in total. The molecule has 200 valence electrons. The van der Waals surface area contributed by atoms with Gasteiger partial charge < -0.3 is 19.7 Å². The highest BCUT2D eigenvalue weighted by atomic mass is 79.9. The van der Waals surface area contributed by atoms with E-state index in [0.717, 1.165) is 22.0 Å². The summed E-state index contributed by atoms with van der Waals surface area (Å²) in [5, 5.41) is 14.1. The van der Waals surface area contributed by atoms with Gasteiger partial charge in [-0.15, -0.1) is 0 Å². The molecule has 0 saturated carbocycles. The quantitative estimate of drug-likeness (QED) is 0.226. The molecule has 0 spiro atoms. The Balaban J connectivity index is 1.89. The number of hydrogen-bond donors (Lipinski definition) is 1. The highest BCUT2D eigenvalue weighted by Crippen LogP contribution is 2.31. The van der Waals surface area contributed by atoms with Crippen LogP contribution >= 0.6 is 15.9 Å². The van der Waals surface area contributed by atoms with Crippen LogP contribution in [-0.4, -0.2) is 47.9 Å². The lowest BCUT2D eigenvalue weighted by molar-refractivity contribution is -0.385. The van der Waals surface area contributed by atoms with E-state index in [1.165, 1.54) is 30.2 Å². The zero-order chi connectivity index (χ0) is 27.5. The van der Waals surface area contributed by atoms with Crippen molar-refractivity contribution in [1.82, 2.24) is 10.2 Å². The number of hydrogen-bond acceptors (Lipinski definition) is 6. The lowest BCUT2D eigenvalue weighted by Gasteiger charge is -2.31. The van der Waals surface area contributed by atoms with Crippen molar-refractivity contribution < 1.29 is 24.0 Å². The maximum Gasteiger partial charge on any atom is 0.311 e. The Morgan fingerprint density at radius 2 is 1.76 bits per heavy atom. The van der Waals surface area contributed by atoms with E-state index in [2.05, 4.69) is 21.2 Å². The van der Waals surface area contributed by atoms with Crippen LogP contribution in [0.25, 0.3) is 0 Å². The van der Waals surface area contributed by atoms with Crippen LogP contribution in [0.4, 0.5) is 5.69 Å². The average Bonchev–Trinajstić information content (AvgIpc) is 2.93. The molecule has 0 heterocycles. The van der Waals surface area contributed by atoms with E-state index in [-0.39, 0.29) is 36.2 Å². The fourth-order valence-corrected chi connectivity index (χ4v) is 4.10. The number of methoxy groups -OCH3 is 1. The normalized spacial score (nSPS) is 11.3. The Bertz CT molecular complexity index is 1240. The summed E-state index contributed by atoms with van der Waals surface area (Å²) in [7, 11) is 1.32. The fourth-order valence-electron chi connectivity index (χ4n) is 3.83. The average molecular weight is 584 g/mol. The van der Waals surface area contributed by atoms with E-state index in [1.54, 1.807) is 0 Å². The Kier molecular flexibility index (Phi) is 10.7. The van der Waals surface area contributed by atoms with Gasteiger partial charge in [-0.1, -0.05) is 65.3 Å². The van der Waals surface area contributed by atoms with Crippen LogP contribution in [0.3, 0.4) is 0 Å². The molecule has 10 heteroatoms. The summed E-state index contributed by atoms with van der Waals surface area (Å²) in [5.41, 5.74) is 1.55. The fraction of sp³-hybridized carbons (Fsp3) is 0.286. The molecule has 2 amide bonds. The maximum absolute atomic E-state index is 13.6. The summed E-state index contributed by atoms with van der Waals surface area (Å²) in [6, 6.07) is 20.3. The Labute approximate surface area is 230 Å². The molecule has 3 rings (SSSR count). The third kappa shape index (κ3) is 8.04. The number of rotatable bonds is 13. The number of carbonyl (C=O) groups excluding carboxylic acids is 2. The minimum Gasteiger partial charge on any atom is -0.490 e. The largest absolute Gasteiger partial charge is 0.490 e. The van der Waals surface area contributed by atoms with Crippen molar-refractivity contribution in [1.29, 1.82) is 0 Å². The van der Waals surface area contributed by atoms with Gasteiger partial charge in [-0.25, -0.2) is 0 Å². The summed E-state index contributed by atoms with van der Waals surface area (Å²) in [6.45, 7) is 2.27. The van der Waals surface area contributed by atoms with E-state index in [0.29, 0.717) is 13.0 Å². The van der Waals surface area contributed by atoms with Crippen molar-refractivity contribution in [3.05, 3.63) is 98.5 Å². The van der Waals surface area contributed by atoms with Crippen LogP contribution in [0.5, 0.6) is 11.5 Å². The predicted molar refractivity (Wildman–Crippen MR) is 147 cm³/mol. The summed E-state index contributed by atoms with van der Waals surface area (Å²) in [6.07, 6.45) is 1.08. The zero-order valence-corrected chi connectivity index (χ0v) is 22.8. The van der Waals surface area contributed by atoms with Crippen LogP contribution in [0.2, 0.25) is 0 Å². The molecule has 0 aliphatic rings. The van der Waals surface area contributed by atoms with Gasteiger partial charge in [-0.2, -0.15) is 0 Å². The number of carbonyl (C=O) groups is 2. The number of halogens is 1. The summed E-state index contributed by atoms with van der Waals surface area (Å²) < 4.78 is 11.7. The smallest absolute Gasteiger partial charge is 0.311 e. The molecule has 0 unspecified atom stereocenters. The summed E-state index contributed by atoms with van der Waals surface area (Å²) in [4.78, 5) is 39.1. The number of ether oxygens (including phenoxy) is 2. The lowest BCUT2D eigenvalue weighted by atomic mass is 10.0. The highest BCUT2D eigenvalue weighted by molar-refractivity contribution is 9.10. The molecule has 0 fully saturated rings. The molecule has 0 radical (unpaired) electrons. The van der Waals surface area contributed by atoms with Crippen LogP contribution in [-0.2, 0) is 22.6 Å². The first-order valence-corrected chi connectivity index (χ1v) is 12.9. The predicted octanol–water partition coefficient (Wildman–Crippen LogP) is 4.91. The van der Waals surface area contributed by atoms with Gasteiger partial charge in [-0.05, 0) is 35.7 Å². The SMILES string of the molecule is CCCNC(=O)[C@H](Cc1ccccc1)N(Cc1ccc(Br)cc1)C(=O)COc1ccc([N+](=O)[O-])c(OC)c1. The van der Waals surface area contributed by atoms with Gasteiger partial charge in [-0.3, -0.25) is 19.7 Å². The first-order valence-electron chi connectivity index (χ1n) is 12.1. The van der Waals surface area contributed by atoms with Crippen LogP contribution in [0, 0.1) is 10.1 Å². The maximum atomic E-state index is 13.6. The first-order chi connectivity index (χ1) is 18.3. The van der Waals surface area contributed by atoms with E-state index in [9.17, 15) is 19.7 Å². The Morgan fingerprint density at radius 1 is 1.05 bits per heavy atom. The minimum atomic E-state index is -0.782. The highest BCUT2D eigenvalue weighted by Gasteiger charge is 2.30. The van der Waals surface area contributed by atoms with Crippen LogP contribution < -0.4 is 14.8 Å². The summed E-state index contributed by atoms with van der Waals surface area (Å²) >= 11 is 3.42. The molecule has 0 aliphatic carbocycles. The molecular formula is C28H30BrN3O6. The molecule has 0 saturated heterocycles. The van der Waals surface area contributed by atoms with Crippen molar-refractivity contribution in [2.45, 2.75) is 32.4 Å². The molecule has 0 bridgehead atoms. The molecule has 0 aliphatic heterocycles. The molecular weight excluding hydrogens is 554 g/mol. The third-order valence-corrected chi connectivity index (χ3v) is 6.33. The van der Waals surface area contributed by atoms with Gasteiger partial charge in [0.15, 0.2) is 6.61 Å². The van der Waals surface area contributed by atoms with Gasteiger partial charge in [0.25, 0.3) is 5.91 Å². The van der Waals surface area contributed by atoms with Crippen LogP contribution in [0.15, 0.2) is 77.3 Å².